The first-order valence-electron chi connectivity index (χ1n) is 7.15. The van der Waals surface area contributed by atoms with Crippen molar-refractivity contribution in [2.75, 3.05) is 31.1 Å². The molecule has 2 fully saturated rings. The van der Waals surface area contributed by atoms with E-state index in [9.17, 15) is 0 Å². The highest BCUT2D eigenvalue weighted by atomic mass is 35.5. The summed E-state index contributed by atoms with van der Waals surface area (Å²) in [5.41, 5.74) is 1.90. The summed E-state index contributed by atoms with van der Waals surface area (Å²) in [6, 6.07) is 0.668. The molecule has 2 saturated heterocycles. The highest BCUT2D eigenvalue weighted by Crippen LogP contribution is 2.28. The summed E-state index contributed by atoms with van der Waals surface area (Å²) in [6.07, 6.45) is 3.91. The van der Waals surface area contributed by atoms with Gasteiger partial charge in [-0.25, -0.2) is 9.97 Å². The molecular weight excluding hydrogens is 260 g/mol. The molecule has 2 aliphatic rings. The van der Waals surface area contributed by atoms with Crippen molar-refractivity contribution in [2.24, 2.45) is 0 Å². The van der Waals surface area contributed by atoms with E-state index >= 15 is 0 Å². The molecule has 3 rings (SSSR count). The third-order valence-electron chi connectivity index (χ3n) is 4.37. The highest BCUT2D eigenvalue weighted by molar-refractivity contribution is 6.31. The summed E-state index contributed by atoms with van der Waals surface area (Å²) < 4.78 is 0. The van der Waals surface area contributed by atoms with E-state index in [-0.39, 0.29) is 0 Å². The van der Waals surface area contributed by atoms with Gasteiger partial charge in [0, 0.05) is 19.1 Å². The summed E-state index contributed by atoms with van der Waals surface area (Å²) in [6.45, 7) is 8.54. The van der Waals surface area contributed by atoms with Crippen LogP contribution in [0.4, 0.5) is 5.82 Å². The maximum Gasteiger partial charge on any atom is 0.171 e. The van der Waals surface area contributed by atoms with E-state index in [4.69, 9.17) is 11.6 Å². The predicted octanol–water partition coefficient (Wildman–Crippen LogP) is 2.42. The quantitative estimate of drug-likeness (QED) is 0.833. The Balaban J connectivity index is 1.75. The Morgan fingerprint density at radius 3 is 2.47 bits per heavy atom. The van der Waals surface area contributed by atoms with Gasteiger partial charge in [-0.1, -0.05) is 11.6 Å². The Labute approximate surface area is 119 Å². The average Bonchev–Trinajstić information content (AvgIpc) is 3.03. The lowest BCUT2D eigenvalue weighted by molar-refractivity contribution is 0.260. The molecule has 0 radical (unpaired) electrons. The smallest absolute Gasteiger partial charge is 0.171 e. The second-order valence-corrected chi connectivity index (χ2v) is 6.00. The van der Waals surface area contributed by atoms with E-state index in [0.29, 0.717) is 11.2 Å². The highest BCUT2D eigenvalue weighted by Gasteiger charge is 2.31. The minimum Gasteiger partial charge on any atom is -0.352 e. The van der Waals surface area contributed by atoms with Gasteiger partial charge in [0.25, 0.3) is 0 Å². The molecule has 0 bridgehead atoms. The maximum atomic E-state index is 6.26. The lowest BCUT2D eigenvalue weighted by Crippen LogP contribution is -2.35. The molecule has 2 aliphatic heterocycles. The lowest BCUT2D eigenvalue weighted by atomic mass is 10.2. The molecule has 3 heterocycles. The lowest BCUT2D eigenvalue weighted by Gasteiger charge is -2.24. The van der Waals surface area contributed by atoms with Gasteiger partial charge in [0.05, 0.1) is 11.4 Å². The summed E-state index contributed by atoms with van der Waals surface area (Å²) in [4.78, 5) is 13.9. The fraction of sp³-hybridized carbons (Fsp3) is 0.714. The van der Waals surface area contributed by atoms with Crippen molar-refractivity contribution in [1.29, 1.82) is 0 Å². The third kappa shape index (κ3) is 2.56. The molecule has 1 unspecified atom stereocenters. The van der Waals surface area contributed by atoms with Gasteiger partial charge in [0.1, 0.15) is 0 Å². The minimum atomic E-state index is 0.546. The third-order valence-corrected chi connectivity index (χ3v) is 4.62. The minimum absolute atomic E-state index is 0.546. The van der Waals surface area contributed by atoms with Gasteiger partial charge in [-0.3, -0.25) is 4.90 Å². The van der Waals surface area contributed by atoms with Gasteiger partial charge < -0.3 is 4.90 Å². The SMILES string of the molecule is Cc1nc(Cl)c(N2CCC(N3CCCC3)C2)nc1C. The van der Waals surface area contributed by atoms with Crippen LogP contribution in [-0.4, -0.2) is 47.1 Å². The molecule has 19 heavy (non-hydrogen) atoms. The Morgan fingerprint density at radius 1 is 1.05 bits per heavy atom. The van der Waals surface area contributed by atoms with Gasteiger partial charge in [0.15, 0.2) is 11.0 Å². The first-order chi connectivity index (χ1) is 9.15. The average molecular weight is 281 g/mol. The van der Waals surface area contributed by atoms with E-state index in [1.54, 1.807) is 0 Å². The number of aryl methyl sites for hydroxylation is 2. The van der Waals surface area contributed by atoms with Crippen molar-refractivity contribution < 1.29 is 0 Å². The fourth-order valence-electron chi connectivity index (χ4n) is 3.10. The second kappa shape index (κ2) is 5.25. The number of hydrogen-bond donors (Lipinski definition) is 0. The molecule has 1 aromatic heterocycles. The first kappa shape index (κ1) is 13.1. The number of likely N-dealkylation sites (tertiary alicyclic amines) is 1. The zero-order valence-corrected chi connectivity index (χ0v) is 12.4. The van der Waals surface area contributed by atoms with Crippen LogP contribution >= 0.6 is 11.6 Å². The summed E-state index contributed by atoms with van der Waals surface area (Å²) in [7, 11) is 0. The van der Waals surface area contributed by atoms with Gasteiger partial charge in [-0.2, -0.15) is 0 Å². The van der Waals surface area contributed by atoms with Gasteiger partial charge >= 0.3 is 0 Å². The molecule has 0 spiro atoms. The van der Waals surface area contributed by atoms with Crippen LogP contribution < -0.4 is 4.90 Å². The number of nitrogens with zero attached hydrogens (tertiary/aromatic N) is 4. The fourth-order valence-corrected chi connectivity index (χ4v) is 3.39. The number of aromatic nitrogens is 2. The molecular formula is C14H21ClN4. The van der Waals surface area contributed by atoms with E-state index in [1.807, 2.05) is 13.8 Å². The Bertz CT molecular complexity index is 471. The van der Waals surface area contributed by atoms with Crippen LogP contribution in [0.25, 0.3) is 0 Å². The molecule has 0 amide bonds. The van der Waals surface area contributed by atoms with Gasteiger partial charge in [0.2, 0.25) is 0 Å². The molecule has 0 aliphatic carbocycles. The summed E-state index contributed by atoms with van der Waals surface area (Å²) in [5.74, 6) is 0.867. The van der Waals surface area contributed by atoms with Crippen LogP contribution in [0.3, 0.4) is 0 Å². The topological polar surface area (TPSA) is 32.3 Å². The van der Waals surface area contributed by atoms with Crippen LogP contribution in [0.2, 0.25) is 5.15 Å². The Hall–Kier alpha value is -0.870. The summed E-state index contributed by atoms with van der Waals surface area (Å²) >= 11 is 6.26. The first-order valence-corrected chi connectivity index (χ1v) is 7.52. The zero-order valence-electron chi connectivity index (χ0n) is 11.7. The number of anilines is 1. The van der Waals surface area contributed by atoms with E-state index < -0.39 is 0 Å². The van der Waals surface area contributed by atoms with E-state index in [0.717, 1.165) is 30.3 Å². The normalized spacial score (nSPS) is 24.4. The molecule has 0 aromatic carbocycles. The van der Waals surface area contributed by atoms with Crippen LogP contribution in [0.15, 0.2) is 0 Å². The second-order valence-electron chi connectivity index (χ2n) is 5.64. The van der Waals surface area contributed by atoms with Crippen LogP contribution in [-0.2, 0) is 0 Å². The van der Waals surface area contributed by atoms with Crippen LogP contribution in [0.5, 0.6) is 0 Å². The Kier molecular flexibility index (Phi) is 3.63. The standard InChI is InChI=1S/C14H21ClN4/c1-10-11(2)17-14(13(15)16-10)19-8-5-12(9-19)18-6-3-4-7-18/h12H,3-9H2,1-2H3. The predicted molar refractivity (Wildman–Crippen MR) is 77.9 cm³/mol. The molecule has 1 atom stereocenters. The van der Waals surface area contributed by atoms with E-state index in [1.165, 1.54) is 32.4 Å². The number of rotatable bonds is 2. The van der Waals surface area contributed by atoms with Crippen molar-refractivity contribution >= 4 is 17.4 Å². The monoisotopic (exact) mass is 280 g/mol. The summed E-state index contributed by atoms with van der Waals surface area (Å²) in [5, 5.41) is 0.546. The number of hydrogen-bond acceptors (Lipinski definition) is 4. The number of halogens is 1. The maximum absolute atomic E-state index is 6.26. The van der Waals surface area contributed by atoms with Crippen LogP contribution in [0, 0.1) is 13.8 Å². The van der Waals surface area contributed by atoms with Gasteiger partial charge in [-0.05, 0) is 46.2 Å². The Morgan fingerprint density at radius 2 is 1.74 bits per heavy atom. The van der Waals surface area contributed by atoms with Crippen molar-refractivity contribution in [3.05, 3.63) is 16.5 Å². The molecule has 5 heteroatoms. The van der Waals surface area contributed by atoms with E-state index in [2.05, 4.69) is 19.8 Å². The molecule has 104 valence electrons. The van der Waals surface area contributed by atoms with Gasteiger partial charge in [-0.15, -0.1) is 0 Å². The molecule has 0 saturated carbocycles. The van der Waals surface area contributed by atoms with Crippen molar-refractivity contribution in [3.8, 4) is 0 Å². The van der Waals surface area contributed by atoms with Crippen molar-refractivity contribution in [2.45, 2.75) is 39.2 Å². The molecule has 1 aromatic rings. The van der Waals surface area contributed by atoms with Crippen molar-refractivity contribution in [1.82, 2.24) is 14.9 Å². The molecule has 4 nitrogen and oxygen atoms in total. The van der Waals surface area contributed by atoms with Crippen molar-refractivity contribution in [3.63, 3.8) is 0 Å². The molecule has 0 N–H and O–H groups in total. The largest absolute Gasteiger partial charge is 0.352 e. The zero-order chi connectivity index (χ0) is 13.4. The van der Waals surface area contributed by atoms with Crippen LogP contribution in [0.1, 0.15) is 30.7 Å².